The lowest BCUT2D eigenvalue weighted by atomic mass is 10.1. The van der Waals surface area contributed by atoms with Crippen LogP contribution in [0.25, 0.3) is 11.3 Å². The molecule has 4 nitrogen and oxygen atoms in total. The van der Waals surface area contributed by atoms with Crippen molar-refractivity contribution in [1.82, 2.24) is 9.88 Å². The van der Waals surface area contributed by atoms with Gasteiger partial charge in [0.2, 0.25) is 0 Å². The minimum Gasteiger partial charge on any atom is -0.460 e. The number of pyridine rings is 1. The van der Waals surface area contributed by atoms with E-state index in [1.807, 2.05) is 0 Å². The van der Waals surface area contributed by atoms with Crippen LogP contribution in [-0.4, -0.2) is 35.7 Å². The highest BCUT2D eigenvalue weighted by Crippen LogP contribution is 2.35. The van der Waals surface area contributed by atoms with Crippen molar-refractivity contribution >= 4 is 5.82 Å². The molecule has 2 aromatic heterocycles. The van der Waals surface area contributed by atoms with Crippen LogP contribution in [0.1, 0.15) is 30.6 Å². The van der Waals surface area contributed by atoms with Gasteiger partial charge in [0.15, 0.2) is 5.82 Å². The number of fused-ring (bicyclic) bond motifs is 1. The molecule has 4 rings (SSSR count). The van der Waals surface area contributed by atoms with Crippen LogP contribution in [0.3, 0.4) is 0 Å². The Balaban J connectivity index is 1.51. The molecule has 146 valence electrons. The molecule has 1 N–H and O–H groups in total. The lowest BCUT2D eigenvalue weighted by molar-refractivity contribution is -0.138. The summed E-state index contributed by atoms with van der Waals surface area (Å²) in [5, 5.41) is 3.10. The molecule has 0 aromatic carbocycles. The van der Waals surface area contributed by atoms with Gasteiger partial charge < -0.3 is 9.73 Å². The number of anilines is 1. The fraction of sp³-hybridized carbons (Fsp3) is 0.526. The fourth-order valence-electron chi connectivity index (χ4n) is 3.50. The summed E-state index contributed by atoms with van der Waals surface area (Å²) in [4.78, 5) is 5.82. The van der Waals surface area contributed by atoms with E-state index in [0.717, 1.165) is 24.6 Å². The summed E-state index contributed by atoms with van der Waals surface area (Å²) in [7, 11) is 0. The first kappa shape index (κ1) is 18.3. The monoisotopic (exact) mass is 383 g/mol. The second-order valence-corrected chi connectivity index (χ2v) is 7.29. The maximum absolute atomic E-state index is 14.3. The average molecular weight is 383 g/mol. The molecule has 0 amide bonds. The van der Waals surface area contributed by atoms with E-state index in [2.05, 4.69) is 10.3 Å². The third-order valence-electron chi connectivity index (χ3n) is 5.01. The standard InChI is InChI=1S/C19H21F4N3O/c20-15-9-25-18-14(5-7-24-18)17(15)16-4-3-13(27-16)11-26(10-12-1-2-12)8-6-19(21,22)23/h3-4,9,12H,1-2,5-8,10-11H2,(H,24,25). The first-order valence-electron chi connectivity index (χ1n) is 9.18. The summed E-state index contributed by atoms with van der Waals surface area (Å²) in [5.41, 5.74) is 1.17. The minimum absolute atomic E-state index is 0.0566. The zero-order valence-electron chi connectivity index (χ0n) is 14.8. The van der Waals surface area contributed by atoms with Gasteiger partial charge in [-0.05, 0) is 37.3 Å². The van der Waals surface area contributed by atoms with Gasteiger partial charge in [0.25, 0.3) is 0 Å². The van der Waals surface area contributed by atoms with E-state index in [1.54, 1.807) is 17.0 Å². The Labute approximate surface area is 154 Å². The van der Waals surface area contributed by atoms with Crippen LogP contribution in [0.2, 0.25) is 0 Å². The van der Waals surface area contributed by atoms with Crippen molar-refractivity contribution in [3.05, 3.63) is 35.5 Å². The van der Waals surface area contributed by atoms with E-state index < -0.39 is 18.4 Å². The lowest BCUT2D eigenvalue weighted by Crippen LogP contribution is -2.29. The summed E-state index contributed by atoms with van der Waals surface area (Å²) < 4.78 is 58.0. The van der Waals surface area contributed by atoms with Crippen molar-refractivity contribution in [3.8, 4) is 11.3 Å². The van der Waals surface area contributed by atoms with Gasteiger partial charge in [-0.3, -0.25) is 4.90 Å². The van der Waals surface area contributed by atoms with Gasteiger partial charge in [0.05, 0.1) is 24.7 Å². The third-order valence-corrected chi connectivity index (χ3v) is 5.01. The summed E-state index contributed by atoms with van der Waals surface area (Å²) in [6.07, 6.45) is -1.07. The Hall–Kier alpha value is -2.09. The Bertz CT molecular complexity index is 814. The van der Waals surface area contributed by atoms with Crippen LogP contribution in [0.5, 0.6) is 0 Å². The molecule has 1 saturated carbocycles. The topological polar surface area (TPSA) is 41.3 Å². The fourth-order valence-corrected chi connectivity index (χ4v) is 3.50. The predicted octanol–water partition coefficient (Wildman–Crippen LogP) is 4.61. The SMILES string of the molecule is Fc1cnc2c(c1-c1ccc(CN(CCC(F)(F)F)CC3CC3)o1)CCN2. The second-order valence-electron chi connectivity index (χ2n) is 7.29. The van der Waals surface area contributed by atoms with Crippen molar-refractivity contribution in [3.63, 3.8) is 0 Å². The van der Waals surface area contributed by atoms with Gasteiger partial charge in [0, 0.05) is 25.2 Å². The number of nitrogens with zero attached hydrogens (tertiary/aromatic N) is 2. The summed E-state index contributed by atoms with van der Waals surface area (Å²) >= 11 is 0. The highest BCUT2D eigenvalue weighted by atomic mass is 19.4. The van der Waals surface area contributed by atoms with E-state index >= 15 is 0 Å². The van der Waals surface area contributed by atoms with Crippen molar-refractivity contribution in [1.29, 1.82) is 0 Å². The average Bonchev–Trinajstić information content (AvgIpc) is 3.10. The molecule has 0 radical (unpaired) electrons. The van der Waals surface area contributed by atoms with Crippen molar-refractivity contribution in [2.75, 3.05) is 25.0 Å². The highest BCUT2D eigenvalue weighted by Gasteiger charge is 2.31. The molecule has 3 heterocycles. The number of halogens is 4. The number of furan rings is 1. The molecule has 1 aliphatic carbocycles. The smallest absolute Gasteiger partial charge is 0.390 e. The largest absolute Gasteiger partial charge is 0.460 e. The summed E-state index contributed by atoms with van der Waals surface area (Å²) in [6, 6.07) is 3.41. The van der Waals surface area contributed by atoms with Crippen molar-refractivity contribution < 1.29 is 22.0 Å². The Kier molecular flexibility index (Phi) is 4.84. The highest BCUT2D eigenvalue weighted by molar-refractivity contribution is 5.71. The zero-order chi connectivity index (χ0) is 19.0. The summed E-state index contributed by atoms with van der Waals surface area (Å²) in [5.74, 6) is 1.62. The molecule has 0 saturated heterocycles. The van der Waals surface area contributed by atoms with Crippen LogP contribution in [0.4, 0.5) is 23.4 Å². The molecule has 1 fully saturated rings. The molecule has 27 heavy (non-hydrogen) atoms. The number of alkyl halides is 3. The molecule has 0 bridgehead atoms. The van der Waals surface area contributed by atoms with E-state index in [1.165, 1.54) is 0 Å². The number of aromatic nitrogens is 1. The molecule has 1 aliphatic heterocycles. The summed E-state index contributed by atoms with van der Waals surface area (Å²) in [6.45, 7) is 1.56. The third kappa shape index (κ3) is 4.43. The van der Waals surface area contributed by atoms with Crippen molar-refractivity contribution in [2.45, 2.75) is 38.4 Å². The zero-order valence-corrected chi connectivity index (χ0v) is 14.8. The maximum Gasteiger partial charge on any atom is 0.390 e. The van der Waals surface area contributed by atoms with Crippen LogP contribution in [0, 0.1) is 11.7 Å². The molecule has 0 unspecified atom stereocenters. The molecule has 0 atom stereocenters. The number of hydrogen-bond acceptors (Lipinski definition) is 4. The maximum atomic E-state index is 14.3. The molecular weight excluding hydrogens is 362 g/mol. The Morgan fingerprint density at radius 1 is 1.26 bits per heavy atom. The molecule has 2 aliphatic rings. The van der Waals surface area contributed by atoms with Gasteiger partial charge in [-0.2, -0.15) is 13.2 Å². The van der Waals surface area contributed by atoms with E-state index in [0.29, 0.717) is 54.9 Å². The molecular formula is C19H21F4N3O. The molecule has 0 spiro atoms. The second kappa shape index (κ2) is 7.14. The first-order valence-corrected chi connectivity index (χ1v) is 9.18. The van der Waals surface area contributed by atoms with Crippen LogP contribution in [-0.2, 0) is 13.0 Å². The minimum atomic E-state index is -4.18. The number of nitrogens with one attached hydrogen (secondary N) is 1. The Morgan fingerprint density at radius 3 is 2.81 bits per heavy atom. The first-order chi connectivity index (χ1) is 12.9. The van der Waals surface area contributed by atoms with E-state index in [9.17, 15) is 17.6 Å². The van der Waals surface area contributed by atoms with Gasteiger partial charge in [-0.1, -0.05) is 0 Å². The van der Waals surface area contributed by atoms with Crippen LogP contribution >= 0.6 is 0 Å². The van der Waals surface area contributed by atoms with E-state index in [-0.39, 0.29) is 6.54 Å². The predicted molar refractivity (Wildman–Crippen MR) is 92.8 cm³/mol. The lowest BCUT2D eigenvalue weighted by Gasteiger charge is -2.21. The number of hydrogen-bond donors (Lipinski definition) is 1. The van der Waals surface area contributed by atoms with Crippen LogP contribution in [0.15, 0.2) is 22.7 Å². The van der Waals surface area contributed by atoms with Crippen LogP contribution < -0.4 is 5.32 Å². The van der Waals surface area contributed by atoms with Gasteiger partial charge in [-0.15, -0.1) is 0 Å². The number of rotatable bonds is 7. The van der Waals surface area contributed by atoms with Gasteiger partial charge in [-0.25, -0.2) is 9.37 Å². The normalized spacial score (nSPS) is 16.6. The van der Waals surface area contributed by atoms with Crippen molar-refractivity contribution in [2.24, 2.45) is 5.92 Å². The molecule has 2 aromatic rings. The quantitative estimate of drug-likeness (QED) is 0.709. The molecule has 8 heteroatoms. The van der Waals surface area contributed by atoms with E-state index in [4.69, 9.17) is 4.42 Å². The van der Waals surface area contributed by atoms with Gasteiger partial charge >= 0.3 is 6.18 Å². The Morgan fingerprint density at radius 2 is 2.07 bits per heavy atom. The van der Waals surface area contributed by atoms with Gasteiger partial charge in [0.1, 0.15) is 17.3 Å².